The second-order valence-corrected chi connectivity index (χ2v) is 3.31. The molecule has 74 valence electrons. The van der Waals surface area contributed by atoms with Crippen LogP contribution in [0.4, 0.5) is 0 Å². The van der Waals surface area contributed by atoms with Gasteiger partial charge in [-0.3, -0.25) is 0 Å². The maximum atomic E-state index is 9.32. The van der Waals surface area contributed by atoms with Gasteiger partial charge in [-0.2, -0.15) is 0 Å². The van der Waals surface area contributed by atoms with Crippen LogP contribution in [0.5, 0.6) is 0 Å². The molecule has 0 saturated heterocycles. The molecule has 3 nitrogen and oxygen atoms in total. The minimum Gasteiger partial charge on any atom is -0.393 e. The fourth-order valence-electron chi connectivity index (χ4n) is 1.56. The van der Waals surface area contributed by atoms with Crippen LogP contribution in [0.15, 0.2) is 0 Å². The van der Waals surface area contributed by atoms with Crippen molar-refractivity contribution in [2.24, 2.45) is 0 Å². The van der Waals surface area contributed by atoms with Crippen molar-refractivity contribution < 1.29 is 14.7 Å². The summed E-state index contributed by atoms with van der Waals surface area (Å²) in [7, 11) is 0. The topological polar surface area (TPSA) is 40.5 Å². The van der Waals surface area contributed by atoms with Crippen molar-refractivity contribution in [1.29, 1.82) is 0 Å². The van der Waals surface area contributed by atoms with Crippen LogP contribution >= 0.6 is 0 Å². The Morgan fingerprint density at radius 1 is 1.08 bits per heavy atom. The van der Waals surface area contributed by atoms with Gasteiger partial charge in [-0.25, -0.2) is 0 Å². The second kappa shape index (κ2) is 5.51. The Morgan fingerprint density at radius 2 is 1.50 bits per heavy atom. The van der Waals surface area contributed by atoms with Crippen LogP contribution in [-0.2, 0) is 0 Å². The normalized spacial score (nSPS) is 14.8. The van der Waals surface area contributed by atoms with Gasteiger partial charge < -0.3 is 14.7 Å². The van der Waals surface area contributed by atoms with Gasteiger partial charge in [0.2, 0.25) is 0 Å². The first kappa shape index (κ1) is 11.9. The highest BCUT2D eigenvalue weighted by Crippen LogP contribution is 2.06. The standard InChI is InChI=1S/C9H22NO2/c1-4-10(5-2,6-3)7-9(12)8-11/h9,11-12H,4-8H2,1-3H3/q+1. The van der Waals surface area contributed by atoms with E-state index >= 15 is 0 Å². The lowest BCUT2D eigenvalue weighted by Crippen LogP contribution is -2.52. The maximum absolute atomic E-state index is 9.32. The van der Waals surface area contributed by atoms with Crippen LogP contribution in [0.2, 0.25) is 0 Å². The highest BCUT2D eigenvalue weighted by atomic mass is 16.3. The fourth-order valence-corrected chi connectivity index (χ4v) is 1.56. The smallest absolute Gasteiger partial charge is 0.126 e. The lowest BCUT2D eigenvalue weighted by Gasteiger charge is -2.37. The first-order valence-electron chi connectivity index (χ1n) is 4.78. The monoisotopic (exact) mass is 176 g/mol. The molecule has 0 aliphatic carbocycles. The number of aliphatic hydroxyl groups is 2. The van der Waals surface area contributed by atoms with E-state index < -0.39 is 6.10 Å². The van der Waals surface area contributed by atoms with Gasteiger partial charge in [0.05, 0.1) is 26.2 Å². The van der Waals surface area contributed by atoms with Crippen LogP contribution in [0.3, 0.4) is 0 Å². The molecule has 0 aromatic carbocycles. The van der Waals surface area contributed by atoms with E-state index in [-0.39, 0.29) is 6.61 Å². The zero-order valence-corrected chi connectivity index (χ0v) is 8.45. The summed E-state index contributed by atoms with van der Waals surface area (Å²) in [5.41, 5.74) is 0. The molecular formula is C9H22NO2+. The van der Waals surface area contributed by atoms with Gasteiger partial charge in [0.1, 0.15) is 12.6 Å². The molecule has 0 heterocycles. The molecule has 0 aromatic heterocycles. The van der Waals surface area contributed by atoms with Gasteiger partial charge in [0, 0.05) is 0 Å². The predicted molar refractivity (Wildman–Crippen MR) is 49.8 cm³/mol. The Morgan fingerprint density at radius 3 is 1.75 bits per heavy atom. The molecule has 0 aliphatic rings. The number of likely N-dealkylation sites (N-methyl/N-ethyl adjacent to an activating group) is 1. The van der Waals surface area contributed by atoms with Crippen LogP contribution in [-0.4, -0.2) is 53.6 Å². The lowest BCUT2D eigenvalue weighted by molar-refractivity contribution is -0.926. The average Bonchev–Trinajstić information content (AvgIpc) is 2.14. The third kappa shape index (κ3) is 3.09. The van der Waals surface area contributed by atoms with Gasteiger partial charge in [-0.15, -0.1) is 0 Å². The molecule has 0 saturated carbocycles. The van der Waals surface area contributed by atoms with Gasteiger partial charge in [0.15, 0.2) is 0 Å². The zero-order chi connectivity index (χ0) is 9.61. The summed E-state index contributed by atoms with van der Waals surface area (Å²) in [6, 6.07) is 0. The zero-order valence-electron chi connectivity index (χ0n) is 8.45. The van der Waals surface area contributed by atoms with Gasteiger partial charge in [-0.05, 0) is 20.8 Å². The van der Waals surface area contributed by atoms with E-state index in [1.807, 2.05) is 0 Å². The van der Waals surface area contributed by atoms with Crippen LogP contribution < -0.4 is 0 Å². The van der Waals surface area contributed by atoms with Crippen molar-refractivity contribution in [3.63, 3.8) is 0 Å². The first-order chi connectivity index (χ1) is 5.64. The van der Waals surface area contributed by atoms with Crippen molar-refractivity contribution in [3.8, 4) is 0 Å². The summed E-state index contributed by atoms with van der Waals surface area (Å²) in [5.74, 6) is 0. The number of aliphatic hydroxyl groups excluding tert-OH is 2. The third-order valence-corrected chi connectivity index (χ3v) is 2.82. The molecule has 3 heteroatoms. The largest absolute Gasteiger partial charge is 0.393 e. The second-order valence-electron chi connectivity index (χ2n) is 3.31. The van der Waals surface area contributed by atoms with E-state index in [0.717, 1.165) is 24.1 Å². The highest BCUT2D eigenvalue weighted by Gasteiger charge is 2.24. The van der Waals surface area contributed by atoms with Gasteiger partial charge in [0.25, 0.3) is 0 Å². The van der Waals surface area contributed by atoms with Crippen molar-refractivity contribution in [2.75, 3.05) is 32.8 Å². The molecule has 0 spiro atoms. The summed E-state index contributed by atoms with van der Waals surface area (Å²) in [6.07, 6.45) is -0.565. The molecule has 0 amide bonds. The van der Waals surface area contributed by atoms with Crippen molar-refractivity contribution in [2.45, 2.75) is 26.9 Å². The van der Waals surface area contributed by atoms with Crippen molar-refractivity contribution in [3.05, 3.63) is 0 Å². The Bertz CT molecular complexity index is 105. The molecule has 0 aliphatic heterocycles. The summed E-state index contributed by atoms with van der Waals surface area (Å²) in [5, 5.41) is 18.0. The predicted octanol–water partition coefficient (Wildman–Crippen LogP) is 0.216. The van der Waals surface area contributed by atoms with E-state index in [1.54, 1.807) is 0 Å². The minimum atomic E-state index is -0.565. The van der Waals surface area contributed by atoms with Crippen LogP contribution in [0, 0.1) is 0 Å². The van der Waals surface area contributed by atoms with E-state index in [9.17, 15) is 5.11 Å². The molecule has 0 aromatic rings. The van der Waals surface area contributed by atoms with Gasteiger partial charge >= 0.3 is 0 Å². The number of hydrogen-bond donors (Lipinski definition) is 2. The molecule has 0 rings (SSSR count). The molecular weight excluding hydrogens is 154 g/mol. The number of quaternary nitrogens is 1. The number of rotatable bonds is 6. The molecule has 0 radical (unpaired) electrons. The third-order valence-electron chi connectivity index (χ3n) is 2.82. The summed E-state index contributed by atoms with van der Waals surface area (Å²) in [4.78, 5) is 0. The summed E-state index contributed by atoms with van der Waals surface area (Å²) in [6.45, 7) is 9.96. The lowest BCUT2D eigenvalue weighted by atomic mass is 10.2. The van der Waals surface area contributed by atoms with E-state index in [0.29, 0.717) is 6.54 Å². The van der Waals surface area contributed by atoms with E-state index in [1.165, 1.54) is 0 Å². The number of nitrogens with zero attached hydrogens (tertiary/aromatic N) is 1. The van der Waals surface area contributed by atoms with Crippen LogP contribution in [0.25, 0.3) is 0 Å². The molecule has 0 bridgehead atoms. The number of hydrogen-bond acceptors (Lipinski definition) is 2. The Balaban J connectivity index is 4.09. The van der Waals surface area contributed by atoms with Crippen molar-refractivity contribution in [1.82, 2.24) is 0 Å². The quantitative estimate of drug-likeness (QED) is 0.568. The molecule has 1 unspecified atom stereocenters. The Hall–Kier alpha value is -0.120. The molecule has 1 atom stereocenters. The molecule has 12 heavy (non-hydrogen) atoms. The summed E-state index contributed by atoms with van der Waals surface area (Å²) >= 11 is 0. The first-order valence-corrected chi connectivity index (χ1v) is 4.78. The highest BCUT2D eigenvalue weighted by molar-refractivity contribution is 4.51. The van der Waals surface area contributed by atoms with Crippen LogP contribution in [0.1, 0.15) is 20.8 Å². The summed E-state index contributed by atoms with van der Waals surface area (Å²) < 4.78 is 0.891. The molecule has 2 N–H and O–H groups in total. The Kier molecular flexibility index (Phi) is 5.46. The fraction of sp³-hybridized carbons (Fsp3) is 1.00. The Labute approximate surface area is 75.2 Å². The van der Waals surface area contributed by atoms with E-state index in [2.05, 4.69) is 20.8 Å². The maximum Gasteiger partial charge on any atom is 0.126 e. The molecule has 0 fully saturated rings. The van der Waals surface area contributed by atoms with E-state index in [4.69, 9.17) is 5.11 Å². The average molecular weight is 176 g/mol. The minimum absolute atomic E-state index is 0.125. The van der Waals surface area contributed by atoms with Gasteiger partial charge in [-0.1, -0.05) is 0 Å². The van der Waals surface area contributed by atoms with Crippen molar-refractivity contribution >= 4 is 0 Å². The SMILES string of the molecule is CC[N+](CC)(CC)CC(O)CO.